The lowest BCUT2D eigenvalue weighted by atomic mass is 9.61. The zero-order valence-electron chi connectivity index (χ0n) is 22.2. The van der Waals surface area contributed by atoms with Crippen molar-refractivity contribution in [3.8, 4) is 0 Å². The molecule has 0 radical (unpaired) electrons. The molecule has 0 aromatic heterocycles. The summed E-state index contributed by atoms with van der Waals surface area (Å²) in [5.74, 6) is 0. The Morgan fingerprint density at radius 3 is 0.889 bits per heavy atom. The Morgan fingerprint density at radius 2 is 0.667 bits per heavy atom. The quantitative estimate of drug-likeness (QED) is 0.331. The molecule has 0 amide bonds. The molecule has 0 unspecified atom stereocenters. The van der Waals surface area contributed by atoms with E-state index < -0.39 is 21.4 Å². The van der Waals surface area contributed by atoms with Gasteiger partial charge in [-0.2, -0.15) is 0 Å². The molecule has 1 saturated heterocycles. The smallest absolute Gasteiger partial charge is 0.445 e. The van der Waals surface area contributed by atoms with Crippen molar-refractivity contribution >= 4 is 37.7 Å². The van der Waals surface area contributed by atoms with Gasteiger partial charge in [0.1, 0.15) is 0 Å². The lowest BCUT2D eigenvalue weighted by Gasteiger charge is -2.31. The third kappa shape index (κ3) is 7.38. The highest BCUT2D eigenvalue weighted by Crippen LogP contribution is 2.13. The Morgan fingerprint density at radius 1 is 0.417 bits per heavy atom. The van der Waals surface area contributed by atoms with Gasteiger partial charge in [-0.3, -0.25) is 0 Å². The first-order valence-electron chi connectivity index (χ1n) is 13.9. The van der Waals surface area contributed by atoms with E-state index in [1.54, 1.807) is 0 Å². The molecule has 36 heavy (non-hydrogen) atoms. The van der Waals surface area contributed by atoms with E-state index in [1.807, 2.05) is 0 Å². The van der Waals surface area contributed by atoms with Crippen molar-refractivity contribution in [1.82, 2.24) is 0 Å². The summed E-state index contributed by atoms with van der Waals surface area (Å²) in [6.45, 7) is 6.68. The van der Waals surface area contributed by atoms with Crippen molar-refractivity contribution in [2.24, 2.45) is 0 Å². The molecule has 3 aromatic carbocycles. The normalized spacial score (nSPS) is 13.9. The molecular weight excluding hydrogens is 441 g/mol. The standard InChI is InChI=1S/C30H39B3O3/c1-4-7-10-25-13-19-28(20-14-25)31-34-32(29-21-15-26(16-22-29)11-8-5-2)36-33(35-31)30-23-17-27(18-24-30)12-9-6-3/h13-24H,4-12H2,1-3H3. The third-order valence-electron chi connectivity index (χ3n) is 6.95. The second kappa shape index (κ2) is 13.9. The van der Waals surface area contributed by atoms with Crippen LogP contribution in [-0.2, 0) is 33.0 Å². The fourth-order valence-corrected chi connectivity index (χ4v) is 4.57. The fraction of sp³-hybridized carbons (Fsp3) is 0.400. The molecule has 6 heteroatoms. The highest BCUT2D eigenvalue weighted by Gasteiger charge is 2.43. The Bertz CT molecular complexity index is 896. The average molecular weight is 480 g/mol. The second-order valence-corrected chi connectivity index (χ2v) is 9.94. The van der Waals surface area contributed by atoms with Crippen molar-refractivity contribution in [3.63, 3.8) is 0 Å². The van der Waals surface area contributed by atoms with Gasteiger partial charge >= 0.3 is 21.4 Å². The van der Waals surface area contributed by atoms with E-state index in [4.69, 9.17) is 13.7 Å². The molecule has 1 aliphatic heterocycles. The predicted molar refractivity (Wildman–Crippen MR) is 155 cm³/mol. The molecule has 1 fully saturated rings. The Hall–Kier alpha value is -2.27. The molecule has 186 valence electrons. The molecule has 0 aliphatic carbocycles. The van der Waals surface area contributed by atoms with E-state index in [0.29, 0.717) is 0 Å². The molecule has 0 spiro atoms. The van der Waals surface area contributed by atoms with Gasteiger partial charge in [0, 0.05) is 0 Å². The average Bonchev–Trinajstić information content (AvgIpc) is 2.94. The molecule has 1 aliphatic rings. The zero-order chi connectivity index (χ0) is 25.2. The van der Waals surface area contributed by atoms with Crippen molar-refractivity contribution in [1.29, 1.82) is 0 Å². The van der Waals surface area contributed by atoms with E-state index >= 15 is 0 Å². The topological polar surface area (TPSA) is 27.7 Å². The third-order valence-corrected chi connectivity index (χ3v) is 6.95. The van der Waals surface area contributed by atoms with E-state index in [2.05, 4.69) is 93.6 Å². The van der Waals surface area contributed by atoms with E-state index in [-0.39, 0.29) is 0 Å². The monoisotopic (exact) mass is 480 g/mol. The predicted octanol–water partition coefficient (Wildman–Crippen LogP) is 5.26. The Labute approximate surface area is 219 Å². The van der Waals surface area contributed by atoms with Crippen LogP contribution in [0.25, 0.3) is 0 Å². The van der Waals surface area contributed by atoms with Crippen LogP contribution in [0.4, 0.5) is 0 Å². The van der Waals surface area contributed by atoms with E-state index in [1.165, 1.54) is 55.2 Å². The maximum absolute atomic E-state index is 6.38. The van der Waals surface area contributed by atoms with Gasteiger partial charge in [0.2, 0.25) is 0 Å². The van der Waals surface area contributed by atoms with Crippen LogP contribution in [0, 0.1) is 0 Å². The molecule has 0 N–H and O–H groups in total. The van der Waals surface area contributed by atoms with Crippen molar-refractivity contribution in [2.75, 3.05) is 0 Å². The summed E-state index contributed by atoms with van der Waals surface area (Å²) < 4.78 is 19.2. The number of hydrogen-bond acceptors (Lipinski definition) is 3. The minimum atomic E-state index is -0.492. The van der Waals surface area contributed by atoms with Gasteiger partial charge in [-0.25, -0.2) is 0 Å². The van der Waals surface area contributed by atoms with Crippen LogP contribution in [0.3, 0.4) is 0 Å². The van der Waals surface area contributed by atoms with Crippen LogP contribution in [0.5, 0.6) is 0 Å². The first kappa shape index (κ1) is 26.8. The minimum Gasteiger partial charge on any atom is -0.445 e. The molecular formula is C30H39B3O3. The molecule has 4 rings (SSSR count). The van der Waals surface area contributed by atoms with E-state index in [9.17, 15) is 0 Å². The van der Waals surface area contributed by atoms with Gasteiger partial charge in [0.25, 0.3) is 0 Å². The molecule has 0 bridgehead atoms. The SMILES string of the molecule is CCCCc1ccc(B2OB(c3ccc(CCCC)cc3)OB(c3ccc(CCCC)cc3)O2)cc1. The highest BCUT2D eigenvalue weighted by atomic mass is 16.7. The van der Waals surface area contributed by atoms with Gasteiger partial charge in [-0.05, 0) is 71.6 Å². The molecule has 1 heterocycles. The molecule has 0 atom stereocenters. The molecule has 0 saturated carbocycles. The van der Waals surface area contributed by atoms with Crippen LogP contribution < -0.4 is 16.4 Å². The Balaban J connectivity index is 1.55. The first-order valence-corrected chi connectivity index (χ1v) is 13.9. The number of benzene rings is 3. The second-order valence-electron chi connectivity index (χ2n) is 9.94. The summed E-state index contributed by atoms with van der Waals surface area (Å²) >= 11 is 0. The number of unbranched alkanes of at least 4 members (excludes halogenated alkanes) is 3. The number of rotatable bonds is 12. The molecule has 3 aromatic rings. The summed E-state index contributed by atoms with van der Waals surface area (Å²) in [4.78, 5) is 0. The van der Waals surface area contributed by atoms with Crippen LogP contribution in [-0.4, -0.2) is 21.4 Å². The zero-order valence-corrected chi connectivity index (χ0v) is 22.2. The number of hydrogen-bond donors (Lipinski definition) is 0. The first-order chi connectivity index (χ1) is 17.7. The summed E-state index contributed by atoms with van der Waals surface area (Å²) in [6, 6.07) is 26.0. The van der Waals surface area contributed by atoms with Gasteiger partial charge in [0.15, 0.2) is 0 Å². The van der Waals surface area contributed by atoms with Crippen molar-refractivity contribution < 1.29 is 13.7 Å². The lowest BCUT2D eigenvalue weighted by Crippen LogP contribution is -2.61. The number of aryl methyl sites for hydroxylation is 3. The van der Waals surface area contributed by atoms with Crippen molar-refractivity contribution in [3.05, 3.63) is 89.5 Å². The Kier molecular flexibility index (Phi) is 10.3. The van der Waals surface area contributed by atoms with Gasteiger partial charge in [-0.1, -0.05) is 113 Å². The summed E-state index contributed by atoms with van der Waals surface area (Å²) in [6.07, 6.45) is 10.5. The lowest BCUT2D eigenvalue weighted by molar-refractivity contribution is 0.308. The summed E-state index contributed by atoms with van der Waals surface area (Å²) in [5, 5.41) is 0. The van der Waals surface area contributed by atoms with Crippen LogP contribution >= 0.6 is 0 Å². The summed E-state index contributed by atoms with van der Waals surface area (Å²) in [5.41, 5.74) is 7.12. The fourth-order valence-electron chi connectivity index (χ4n) is 4.57. The van der Waals surface area contributed by atoms with Gasteiger partial charge in [0.05, 0.1) is 0 Å². The van der Waals surface area contributed by atoms with Crippen LogP contribution in [0.15, 0.2) is 72.8 Å². The summed E-state index contributed by atoms with van der Waals surface area (Å²) in [7, 11) is -1.48. The van der Waals surface area contributed by atoms with E-state index in [0.717, 1.165) is 35.7 Å². The van der Waals surface area contributed by atoms with Crippen LogP contribution in [0.2, 0.25) is 0 Å². The van der Waals surface area contributed by atoms with Crippen LogP contribution in [0.1, 0.15) is 76.0 Å². The maximum atomic E-state index is 6.38. The maximum Gasteiger partial charge on any atom is 0.467 e. The van der Waals surface area contributed by atoms with Gasteiger partial charge < -0.3 is 13.7 Å². The molecule has 3 nitrogen and oxygen atoms in total. The van der Waals surface area contributed by atoms with Crippen molar-refractivity contribution in [2.45, 2.75) is 78.6 Å². The largest absolute Gasteiger partial charge is 0.467 e. The van der Waals surface area contributed by atoms with Gasteiger partial charge in [-0.15, -0.1) is 0 Å². The minimum absolute atomic E-state index is 0.492. The highest BCUT2D eigenvalue weighted by molar-refractivity contribution is 6.87.